The first-order valence-corrected chi connectivity index (χ1v) is 7.30. The minimum atomic E-state index is 0.519. The van der Waals surface area contributed by atoms with Gasteiger partial charge >= 0.3 is 0 Å². The molecule has 0 aromatic carbocycles. The molecule has 1 nitrogen and oxygen atoms in total. The molecule has 1 N–H and O–H groups in total. The quantitative estimate of drug-likeness (QED) is 0.664. The summed E-state index contributed by atoms with van der Waals surface area (Å²) < 4.78 is 0. The highest BCUT2D eigenvalue weighted by molar-refractivity contribution is 5.05. The summed E-state index contributed by atoms with van der Waals surface area (Å²) in [6.07, 6.45) is 18.0. The third kappa shape index (κ3) is 2.07. The summed E-state index contributed by atoms with van der Waals surface area (Å²) in [5.74, 6) is 1.96. The summed E-state index contributed by atoms with van der Waals surface area (Å²) in [7, 11) is 0. The van der Waals surface area contributed by atoms with Gasteiger partial charge in [-0.1, -0.05) is 31.4 Å². The highest BCUT2D eigenvalue weighted by atomic mass is 15.0. The molecule has 0 aromatic rings. The largest absolute Gasteiger partial charge is 0.311 e. The Morgan fingerprint density at radius 1 is 1.00 bits per heavy atom. The van der Waals surface area contributed by atoms with Crippen LogP contribution in [0.25, 0.3) is 0 Å². The van der Waals surface area contributed by atoms with Gasteiger partial charge in [-0.05, 0) is 56.9 Å². The van der Waals surface area contributed by atoms with E-state index < -0.39 is 0 Å². The van der Waals surface area contributed by atoms with E-state index in [2.05, 4.69) is 17.5 Å². The van der Waals surface area contributed by atoms with Crippen LogP contribution in [-0.2, 0) is 0 Å². The first-order valence-electron chi connectivity index (χ1n) is 7.30. The Morgan fingerprint density at radius 2 is 1.88 bits per heavy atom. The molecular weight excluding hydrogens is 194 g/mol. The second kappa shape index (κ2) is 4.52. The molecule has 1 saturated heterocycles. The summed E-state index contributed by atoms with van der Waals surface area (Å²) in [6, 6.07) is 0. The summed E-state index contributed by atoms with van der Waals surface area (Å²) in [4.78, 5) is 0. The van der Waals surface area contributed by atoms with Crippen LogP contribution in [0.2, 0.25) is 0 Å². The van der Waals surface area contributed by atoms with E-state index in [9.17, 15) is 0 Å². The lowest BCUT2D eigenvalue weighted by atomic mass is 9.74. The van der Waals surface area contributed by atoms with Crippen LogP contribution in [-0.4, -0.2) is 12.1 Å². The van der Waals surface area contributed by atoms with Crippen LogP contribution < -0.4 is 5.32 Å². The van der Waals surface area contributed by atoms with E-state index in [4.69, 9.17) is 0 Å². The third-order valence-electron chi connectivity index (χ3n) is 5.19. The molecule has 2 fully saturated rings. The lowest BCUT2D eigenvalue weighted by molar-refractivity contribution is 0.187. The molecule has 3 rings (SSSR count). The van der Waals surface area contributed by atoms with Gasteiger partial charge in [0.25, 0.3) is 0 Å². The summed E-state index contributed by atoms with van der Waals surface area (Å²) >= 11 is 0. The predicted molar refractivity (Wildman–Crippen MR) is 68.4 cm³/mol. The van der Waals surface area contributed by atoms with E-state index in [-0.39, 0.29) is 0 Å². The molecule has 1 heterocycles. The van der Waals surface area contributed by atoms with Crippen molar-refractivity contribution in [2.24, 2.45) is 11.8 Å². The van der Waals surface area contributed by atoms with E-state index in [1.165, 1.54) is 64.3 Å². The fourth-order valence-corrected chi connectivity index (χ4v) is 3.64. The first-order chi connectivity index (χ1) is 7.88. The SMILES string of the molecule is C1=C[C@H](C2CCC2)CCCCC2(C1)CCN2. The minimum Gasteiger partial charge on any atom is -0.311 e. The molecule has 0 amide bonds. The van der Waals surface area contributed by atoms with Crippen molar-refractivity contribution in [3.8, 4) is 0 Å². The molecule has 1 aliphatic heterocycles. The van der Waals surface area contributed by atoms with Crippen molar-refractivity contribution in [1.82, 2.24) is 5.32 Å². The zero-order valence-corrected chi connectivity index (χ0v) is 10.4. The summed E-state index contributed by atoms with van der Waals surface area (Å²) in [5.41, 5.74) is 0.519. The van der Waals surface area contributed by atoms with E-state index in [0.717, 1.165) is 11.8 Å². The Hall–Kier alpha value is -0.300. The fraction of sp³-hybridized carbons (Fsp3) is 0.867. The monoisotopic (exact) mass is 219 g/mol. The van der Waals surface area contributed by atoms with Crippen LogP contribution in [0.15, 0.2) is 12.2 Å². The van der Waals surface area contributed by atoms with Crippen LogP contribution in [0.3, 0.4) is 0 Å². The van der Waals surface area contributed by atoms with Crippen molar-refractivity contribution in [2.45, 2.75) is 63.3 Å². The smallest absolute Gasteiger partial charge is 0.0228 e. The number of nitrogens with one attached hydrogen (secondary N) is 1. The standard InChI is InChI=1S/C15H25N/c1-2-9-15(11-12-16-15)10-4-8-13(5-1)14-6-3-7-14/h4,8,13-14,16H,1-3,5-7,9-12H2/t13-,15?/m1/s1. The van der Waals surface area contributed by atoms with Gasteiger partial charge in [0, 0.05) is 5.54 Å². The molecule has 90 valence electrons. The van der Waals surface area contributed by atoms with Crippen LogP contribution in [0.1, 0.15) is 57.8 Å². The van der Waals surface area contributed by atoms with E-state index in [1.807, 2.05) is 0 Å². The number of hydrogen-bond acceptors (Lipinski definition) is 1. The molecule has 1 spiro atoms. The van der Waals surface area contributed by atoms with Gasteiger partial charge in [0.15, 0.2) is 0 Å². The molecule has 0 aromatic heterocycles. The van der Waals surface area contributed by atoms with Gasteiger partial charge in [0.05, 0.1) is 0 Å². The van der Waals surface area contributed by atoms with Gasteiger partial charge < -0.3 is 5.32 Å². The van der Waals surface area contributed by atoms with E-state index in [1.54, 1.807) is 0 Å². The van der Waals surface area contributed by atoms with Gasteiger partial charge in [-0.25, -0.2) is 0 Å². The number of rotatable bonds is 1. The molecule has 1 saturated carbocycles. The Balaban J connectivity index is 1.62. The van der Waals surface area contributed by atoms with Gasteiger partial charge in [0.2, 0.25) is 0 Å². The lowest BCUT2D eigenvalue weighted by Crippen LogP contribution is -2.56. The highest BCUT2D eigenvalue weighted by Gasteiger charge is 2.35. The molecule has 0 bridgehead atoms. The second-order valence-electron chi connectivity index (χ2n) is 6.19. The van der Waals surface area contributed by atoms with Crippen LogP contribution in [0, 0.1) is 11.8 Å². The molecule has 1 heteroatoms. The fourth-order valence-electron chi connectivity index (χ4n) is 3.64. The molecule has 2 aliphatic carbocycles. The molecule has 1 unspecified atom stereocenters. The van der Waals surface area contributed by atoms with E-state index in [0.29, 0.717) is 5.54 Å². The third-order valence-corrected chi connectivity index (χ3v) is 5.19. The van der Waals surface area contributed by atoms with Crippen LogP contribution in [0.5, 0.6) is 0 Å². The van der Waals surface area contributed by atoms with Crippen LogP contribution >= 0.6 is 0 Å². The van der Waals surface area contributed by atoms with Gasteiger partial charge in [-0.3, -0.25) is 0 Å². The Kier molecular flexibility index (Phi) is 3.06. The maximum absolute atomic E-state index is 3.68. The summed E-state index contributed by atoms with van der Waals surface area (Å²) in [5, 5.41) is 3.68. The van der Waals surface area contributed by atoms with Crippen molar-refractivity contribution in [1.29, 1.82) is 0 Å². The number of hydrogen-bond donors (Lipinski definition) is 1. The maximum Gasteiger partial charge on any atom is 0.0228 e. The molecule has 0 radical (unpaired) electrons. The van der Waals surface area contributed by atoms with E-state index >= 15 is 0 Å². The van der Waals surface area contributed by atoms with Gasteiger partial charge in [-0.2, -0.15) is 0 Å². The lowest BCUT2D eigenvalue weighted by Gasteiger charge is -2.43. The van der Waals surface area contributed by atoms with Crippen molar-refractivity contribution in [3.63, 3.8) is 0 Å². The normalized spacial score (nSPS) is 40.6. The molecule has 2 atom stereocenters. The molecular formula is C15H25N. The summed E-state index contributed by atoms with van der Waals surface area (Å²) in [6.45, 7) is 1.25. The van der Waals surface area contributed by atoms with Crippen molar-refractivity contribution >= 4 is 0 Å². The average molecular weight is 219 g/mol. The first kappa shape index (κ1) is 10.8. The zero-order valence-electron chi connectivity index (χ0n) is 10.4. The Morgan fingerprint density at radius 3 is 2.50 bits per heavy atom. The maximum atomic E-state index is 3.68. The second-order valence-corrected chi connectivity index (χ2v) is 6.19. The topological polar surface area (TPSA) is 12.0 Å². The minimum absolute atomic E-state index is 0.519. The highest BCUT2D eigenvalue weighted by Crippen LogP contribution is 2.39. The predicted octanol–water partition coefficient (Wildman–Crippen LogP) is 3.66. The Bertz CT molecular complexity index is 261. The average Bonchev–Trinajstić information content (AvgIpc) is 2.24. The van der Waals surface area contributed by atoms with Gasteiger partial charge in [0.1, 0.15) is 0 Å². The molecule has 3 aliphatic rings. The molecule has 16 heavy (non-hydrogen) atoms. The van der Waals surface area contributed by atoms with Gasteiger partial charge in [-0.15, -0.1) is 0 Å². The van der Waals surface area contributed by atoms with Crippen molar-refractivity contribution < 1.29 is 0 Å². The van der Waals surface area contributed by atoms with Crippen molar-refractivity contribution in [3.05, 3.63) is 12.2 Å². The number of allylic oxidation sites excluding steroid dienone is 1. The van der Waals surface area contributed by atoms with Crippen molar-refractivity contribution in [2.75, 3.05) is 6.54 Å². The Labute approximate surface area is 99.7 Å². The zero-order chi connectivity index (χ0) is 10.8. The van der Waals surface area contributed by atoms with Crippen LogP contribution in [0.4, 0.5) is 0 Å².